The van der Waals surface area contributed by atoms with Gasteiger partial charge >= 0.3 is 0 Å². The molecule has 0 amide bonds. The van der Waals surface area contributed by atoms with Crippen molar-refractivity contribution < 1.29 is 10.2 Å². The number of phenols is 1. The number of benzene rings is 3. The van der Waals surface area contributed by atoms with Crippen LogP contribution in [0.25, 0.3) is 28.2 Å². The lowest BCUT2D eigenvalue weighted by Gasteiger charge is -2.50. The van der Waals surface area contributed by atoms with Gasteiger partial charge in [0.1, 0.15) is 5.75 Å². The number of aromatic nitrogens is 2. The number of aryl methyl sites for hydroxylation is 2. The molecule has 1 aromatic heterocycles. The molecule has 1 heterocycles. The van der Waals surface area contributed by atoms with Crippen LogP contribution in [-0.4, -0.2) is 25.9 Å². The second-order valence-corrected chi connectivity index (χ2v) is 12.8. The topological polar surface area (TPSA) is 58.3 Å². The predicted molar refractivity (Wildman–Crippen MR) is 162 cm³/mol. The molecule has 3 aliphatic rings. The first-order valence-corrected chi connectivity index (χ1v) is 15.0. The van der Waals surface area contributed by atoms with Crippen LogP contribution in [0.2, 0.25) is 0 Å². The number of fused-ring (bicyclic) bond motifs is 5. The molecule has 0 spiro atoms. The molecule has 40 heavy (non-hydrogen) atoms. The Morgan fingerprint density at radius 2 is 1.73 bits per heavy atom. The van der Waals surface area contributed by atoms with E-state index in [4.69, 9.17) is 17.2 Å². The minimum Gasteiger partial charge on any atom is -0.507 e. The lowest BCUT2D eigenvalue weighted by atomic mass is 9.55. The molecule has 2 fully saturated rings. The first-order valence-electron chi connectivity index (χ1n) is 14.6. The average Bonchev–Trinajstić information content (AvgIpc) is 3.27. The molecule has 0 radical (unpaired) electrons. The molecule has 0 saturated heterocycles. The normalized spacial score (nSPS) is 27.1. The van der Waals surface area contributed by atoms with E-state index in [1.807, 2.05) is 28.8 Å². The lowest BCUT2D eigenvalue weighted by Crippen LogP contribution is -2.43. The van der Waals surface area contributed by atoms with Crippen molar-refractivity contribution in [1.82, 2.24) is 9.55 Å². The summed E-state index contributed by atoms with van der Waals surface area (Å²) in [6.07, 6.45) is 6.13. The van der Waals surface area contributed by atoms with Gasteiger partial charge in [0.2, 0.25) is 4.77 Å². The number of aromatic hydroxyl groups is 1. The summed E-state index contributed by atoms with van der Waals surface area (Å²) in [5, 5.41) is 22.1. The van der Waals surface area contributed by atoms with Crippen molar-refractivity contribution in [3.05, 3.63) is 94.3 Å². The number of phenolic OH excluding ortho intramolecular Hbond substituents is 1. The minimum absolute atomic E-state index is 0.0464. The summed E-state index contributed by atoms with van der Waals surface area (Å²) in [7, 11) is 0. The van der Waals surface area contributed by atoms with Gasteiger partial charge in [-0.05, 0) is 128 Å². The zero-order valence-corrected chi connectivity index (χ0v) is 24.0. The third-order valence-electron chi connectivity index (χ3n) is 10.4. The fraction of sp³-hybridized carbons (Fsp3) is 0.371. The molecule has 4 nitrogen and oxygen atoms in total. The van der Waals surface area contributed by atoms with Crippen LogP contribution in [0.3, 0.4) is 0 Å². The predicted octanol–water partition coefficient (Wildman–Crippen LogP) is 8.17. The highest BCUT2D eigenvalue weighted by atomic mass is 32.1. The van der Waals surface area contributed by atoms with Crippen LogP contribution in [0.1, 0.15) is 61.6 Å². The number of nitrogens with zero attached hydrogens (tertiary/aromatic N) is 2. The smallest absolute Gasteiger partial charge is 0.205 e. The maximum atomic E-state index is 11.3. The van der Waals surface area contributed by atoms with E-state index in [0.717, 1.165) is 61.0 Å². The molecular weight excluding hydrogens is 512 g/mol. The Balaban J connectivity index is 1.35. The monoisotopic (exact) mass is 548 g/mol. The second-order valence-electron chi connectivity index (χ2n) is 12.5. The molecule has 204 valence electrons. The molecule has 2 saturated carbocycles. The summed E-state index contributed by atoms with van der Waals surface area (Å²) in [5.74, 6) is 1.88. The number of hydrogen-bond donors (Lipinski definition) is 2. The molecule has 0 unspecified atom stereocenters. The first-order chi connectivity index (χ1) is 19.3. The van der Waals surface area contributed by atoms with E-state index in [9.17, 15) is 10.2 Å². The molecular formula is C35H36N2O2S. The first kappa shape index (κ1) is 25.7. The van der Waals surface area contributed by atoms with Crippen molar-refractivity contribution in [3.8, 4) is 34.0 Å². The maximum absolute atomic E-state index is 11.3. The fourth-order valence-corrected chi connectivity index (χ4v) is 8.47. The summed E-state index contributed by atoms with van der Waals surface area (Å²) in [6.45, 7) is 4.39. The van der Waals surface area contributed by atoms with E-state index >= 15 is 0 Å². The van der Waals surface area contributed by atoms with Crippen molar-refractivity contribution >= 4 is 12.2 Å². The fourth-order valence-electron chi connectivity index (χ4n) is 8.17. The van der Waals surface area contributed by atoms with E-state index in [1.165, 1.54) is 16.7 Å². The molecule has 7 rings (SSSR count). The molecule has 3 aromatic carbocycles. The quantitative estimate of drug-likeness (QED) is 0.254. The summed E-state index contributed by atoms with van der Waals surface area (Å²) >= 11 is 5.92. The number of hydrogen-bond acceptors (Lipinski definition) is 4. The molecule has 2 N–H and O–H groups in total. The molecule has 5 heteroatoms. The largest absolute Gasteiger partial charge is 0.507 e. The highest BCUT2D eigenvalue weighted by Gasteiger charge is 2.54. The standard InChI is InChI=1S/C35H36N2O2S/c1-21-8-11-24(12-9-21)37-31(22-6-4-3-5-7-22)20-30(36-34(37)40)28-19-27-23(18-32(28)38)10-13-26-25(27)16-17-35(2)29(26)14-15-33(35)39/h3-9,11-12,18-20,25-26,29,33,38-39H,10,13-17H2,1-2H3/t25-,26+,29-,33-,35-/m0/s1. The Labute approximate surface area is 241 Å². The number of aliphatic hydroxyl groups is 1. The van der Waals surface area contributed by atoms with Gasteiger partial charge in [0.05, 0.1) is 17.5 Å². The number of aliphatic hydroxyl groups excluding tert-OH is 1. The van der Waals surface area contributed by atoms with Crippen molar-refractivity contribution in [3.63, 3.8) is 0 Å². The zero-order valence-electron chi connectivity index (χ0n) is 23.2. The Kier molecular flexibility index (Phi) is 6.21. The van der Waals surface area contributed by atoms with E-state index < -0.39 is 0 Å². The second kappa shape index (κ2) is 9.67. The Morgan fingerprint density at radius 1 is 0.950 bits per heavy atom. The molecule has 5 atom stereocenters. The van der Waals surface area contributed by atoms with Crippen LogP contribution < -0.4 is 0 Å². The molecule has 0 bridgehead atoms. The molecule has 0 aliphatic heterocycles. The lowest BCUT2D eigenvalue weighted by molar-refractivity contribution is -0.0226. The van der Waals surface area contributed by atoms with Crippen LogP contribution in [-0.2, 0) is 6.42 Å². The van der Waals surface area contributed by atoms with Gasteiger partial charge in [-0.1, -0.05) is 55.0 Å². The summed E-state index contributed by atoms with van der Waals surface area (Å²) in [4.78, 5) is 4.90. The van der Waals surface area contributed by atoms with Crippen molar-refractivity contribution in [2.45, 2.75) is 64.4 Å². The van der Waals surface area contributed by atoms with Crippen molar-refractivity contribution in [1.29, 1.82) is 0 Å². The van der Waals surface area contributed by atoms with Gasteiger partial charge in [-0.2, -0.15) is 0 Å². The summed E-state index contributed by atoms with van der Waals surface area (Å²) in [5.41, 5.74) is 8.26. The third-order valence-corrected chi connectivity index (χ3v) is 10.6. The molecule has 3 aliphatic carbocycles. The SMILES string of the molecule is Cc1ccc(-n2c(-c3ccccc3)cc(-c3cc4c(cc3O)CC[C@@H]3[C@@H]4CC[C@]4(C)[C@@H](O)CC[C@@H]34)nc2=S)cc1. The summed E-state index contributed by atoms with van der Waals surface area (Å²) < 4.78 is 2.48. The van der Waals surface area contributed by atoms with Gasteiger partial charge in [0.25, 0.3) is 0 Å². The zero-order chi connectivity index (χ0) is 27.6. The molecule has 4 aromatic rings. The van der Waals surface area contributed by atoms with E-state index in [2.05, 4.69) is 62.4 Å². The number of rotatable bonds is 3. The van der Waals surface area contributed by atoms with Crippen LogP contribution in [0.4, 0.5) is 0 Å². The summed E-state index contributed by atoms with van der Waals surface area (Å²) in [6, 6.07) is 24.8. The van der Waals surface area contributed by atoms with Crippen molar-refractivity contribution in [2.75, 3.05) is 0 Å². The van der Waals surface area contributed by atoms with E-state index in [1.54, 1.807) is 0 Å². The van der Waals surface area contributed by atoms with Gasteiger partial charge in [-0.15, -0.1) is 0 Å². The average molecular weight is 549 g/mol. The Bertz CT molecular complexity index is 1640. The van der Waals surface area contributed by atoms with Crippen LogP contribution in [0.15, 0.2) is 72.8 Å². The van der Waals surface area contributed by atoms with E-state index in [-0.39, 0.29) is 17.3 Å². The Morgan fingerprint density at radius 3 is 2.50 bits per heavy atom. The minimum atomic E-state index is -0.175. The van der Waals surface area contributed by atoms with Crippen LogP contribution in [0, 0.1) is 28.9 Å². The van der Waals surface area contributed by atoms with Crippen LogP contribution in [0.5, 0.6) is 5.75 Å². The van der Waals surface area contributed by atoms with Crippen molar-refractivity contribution in [2.24, 2.45) is 17.3 Å². The third kappa shape index (κ3) is 4.05. The van der Waals surface area contributed by atoms with E-state index in [0.29, 0.717) is 28.2 Å². The maximum Gasteiger partial charge on any atom is 0.205 e. The van der Waals surface area contributed by atoms with Gasteiger partial charge in [0, 0.05) is 11.3 Å². The van der Waals surface area contributed by atoms with Gasteiger partial charge in [-0.3, -0.25) is 4.57 Å². The highest BCUT2D eigenvalue weighted by Crippen LogP contribution is 2.61. The van der Waals surface area contributed by atoms with Gasteiger partial charge in [-0.25, -0.2) is 4.98 Å². The Hall–Kier alpha value is -3.28. The van der Waals surface area contributed by atoms with Crippen LogP contribution >= 0.6 is 12.2 Å². The highest BCUT2D eigenvalue weighted by molar-refractivity contribution is 7.71. The van der Waals surface area contributed by atoms with Gasteiger partial charge in [0.15, 0.2) is 0 Å². The van der Waals surface area contributed by atoms with Gasteiger partial charge < -0.3 is 10.2 Å².